The molecule has 1 N–H and O–H groups in total. The van der Waals surface area contributed by atoms with Crippen LogP contribution in [0.4, 0.5) is 0 Å². The van der Waals surface area contributed by atoms with E-state index < -0.39 is 0 Å². The Labute approximate surface area is 122 Å². The van der Waals surface area contributed by atoms with Crippen LogP contribution in [0.1, 0.15) is 25.5 Å². The monoisotopic (exact) mass is 295 g/mol. The van der Waals surface area contributed by atoms with Gasteiger partial charge in [-0.1, -0.05) is 24.9 Å². The second kappa shape index (κ2) is 6.29. The molecule has 1 aromatic carbocycles. The van der Waals surface area contributed by atoms with Crippen molar-refractivity contribution in [2.75, 3.05) is 6.61 Å². The second-order valence-corrected chi connectivity index (χ2v) is 5.13. The van der Waals surface area contributed by atoms with Crippen LogP contribution in [0.25, 0.3) is 10.8 Å². The van der Waals surface area contributed by atoms with Crippen LogP contribution in [0, 0.1) is 0 Å². The van der Waals surface area contributed by atoms with Gasteiger partial charge >= 0.3 is 0 Å². The van der Waals surface area contributed by atoms with Gasteiger partial charge in [-0.25, -0.2) is 0 Å². The zero-order valence-corrected chi connectivity index (χ0v) is 12.4. The third-order valence-electron chi connectivity index (χ3n) is 3.32. The van der Waals surface area contributed by atoms with Crippen LogP contribution in [0.2, 0.25) is 5.02 Å². The SMILES string of the molecule is CCCCOc1c(CO)n(C)c(=O)c2ccc(Cl)cc12. The molecule has 0 radical (unpaired) electrons. The van der Waals surface area contributed by atoms with E-state index in [1.54, 1.807) is 25.2 Å². The Morgan fingerprint density at radius 3 is 2.75 bits per heavy atom. The lowest BCUT2D eigenvalue weighted by Crippen LogP contribution is -2.22. The minimum atomic E-state index is -0.254. The number of hydrogen-bond acceptors (Lipinski definition) is 3. The third-order valence-corrected chi connectivity index (χ3v) is 3.56. The van der Waals surface area contributed by atoms with Crippen LogP contribution >= 0.6 is 11.6 Å². The molecule has 1 heterocycles. The number of pyridine rings is 1. The van der Waals surface area contributed by atoms with E-state index >= 15 is 0 Å². The number of benzene rings is 1. The molecular formula is C15H18ClNO3. The molecule has 0 unspecified atom stereocenters. The highest BCUT2D eigenvalue weighted by Crippen LogP contribution is 2.30. The highest BCUT2D eigenvalue weighted by atomic mass is 35.5. The predicted octanol–water partition coefficient (Wildman–Crippen LogP) is 2.86. The van der Waals surface area contributed by atoms with Crippen LogP contribution in [0.15, 0.2) is 23.0 Å². The van der Waals surface area contributed by atoms with Crippen LogP contribution in [-0.4, -0.2) is 16.3 Å². The first-order valence-electron chi connectivity index (χ1n) is 6.65. The molecule has 0 spiro atoms. The van der Waals surface area contributed by atoms with Crippen molar-refractivity contribution in [2.45, 2.75) is 26.4 Å². The van der Waals surface area contributed by atoms with Crippen LogP contribution in [0.3, 0.4) is 0 Å². The van der Waals surface area contributed by atoms with E-state index in [2.05, 4.69) is 6.92 Å². The van der Waals surface area contributed by atoms with E-state index in [1.165, 1.54) is 4.57 Å². The number of fused-ring (bicyclic) bond motifs is 1. The number of aliphatic hydroxyl groups excluding tert-OH is 1. The summed E-state index contributed by atoms with van der Waals surface area (Å²) in [6, 6.07) is 5.08. The summed E-state index contributed by atoms with van der Waals surface area (Å²) < 4.78 is 7.22. The summed E-state index contributed by atoms with van der Waals surface area (Å²) in [5.41, 5.74) is 0.310. The van der Waals surface area contributed by atoms with Crippen molar-refractivity contribution in [2.24, 2.45) is 7.05 Å². The first kappa shape index (κ1) is 14.9. The van der Waals surface area contributed by atoms with Crippen LogP contribution in [0.5, 0.6) is 5.75 Å². The number of hydrogen-bond donors (Lipinski definition) is 1. The van der Waals surface area contributed by atoms with Gasteiger partial charge in [-0.05, 0) is 24.6 Å². The molecule has 0 fully saturated rings. The number of halogens is 1. The smallest absolute Gasteiger partial charge is 0.258 e. The van der Waals surface area contributed by atoms with Crippen molar-refractivity contribution in [1.82, 2.24) is 4.57 Å². The maximum absolute atomic E-state index is 12.3. The zero-order chi connectivity index (χ0) is 14.7. The standard InChI is InChI=1S/C15H18ClNO3/c1-3-4-7-20-14-12-8-10(16)5-6-11(12)15(19)17(2)13(14)9-18/h5-6,8,18H,3-4,7,9H2,1-2H3. The van der Waals surface area contributed by atoms with Gasteiger partial charge in [0.15, 0.2) is 0 Å². The Morgan fingerprint density at radius 1 is 1.35 bits per heavy atom. The van der Waals surface area contributed by atoms with Crippen molar-refractivity contribution in [3.8, 4) is 5.75 Å². The largest absolute Gasteiger partial charge is 0.491 e. The van der Waals surface area contributed by atoms with Crippen molar-refractivity contribution >= 4 is 22.4 Å². The van der Waals surface area contributed by atoms with Crippen molar-refractivity contribution < 1.29 is 9.84 Å². The molecule has 0 bridgehead atoms. The predicted molar refractivity (Wildman–Crippen MR) is 80.5 cm³/mol. The minimum Gasteiger partial charge on any atom is -0.491 e. The van der Waals surface area contributed by atoms with E-state index in [-0.39, 0.29) is 12.2 Å². The van der Waals surface area contributed by atoms with Gasteiger partial charge in [0.1, 0.15) is 5.75 Å². The fraction of sp³-hybridized carbons (Fsp3) is 0.400. The molecule has 5 heteroatoms. The average Bonchev–Trinajstić information content (AvgIpc) is 2.44. The van der Waals surface area contributed by atoms with E-state index in [1.807, 2.05) is 0 Å². The van der Waals surface area contributed by atoms with Crippen molar-refractivity contribution in [1.29, 1.82) is 0 Å². The van der Waals surface area contributed by atoms with Gasteiger partial charge in [0.2, 0.25) is 0 Å². The first-order chi connectivity index (χ1) is 9.60. The topological polar surface area (TPSA) is 51.5 Å². The summed E-state index contributed by atoms with van der Waals surface area (Å²) in [7, 11) is 1.63. The zero-order valence-electron chi connectivity index (χ0n) is 11.6. The van der Waals surface area contributed by atoms with Gasteiger partial charge in [0.05, 0.1) is 24.3 Å². The number of aliphatic hydroxyl groups is 1. The Balaban J connectivity index is 2.69. The fourth-order valence-electron chi connectivity index (χ4n) is 2.16. The Bertz CT molecular complexity index is 679. The lowest BCUT2D eigenvalue weighted by molar-refractivity contribution is 0.251. The quantitative estimate of drug-likeness (QED) is 0.863. The fourth-order valence-corrected chi connectivity index (χ4v) is 2.33. The molecule has 0 aliphatic carbocycles. The van der Waals surface area contributed by atoms with Gasteiger partial charge in [0.25, 0.3) is 5.56 Å². The molecule has 0 amide bonds. The molecule has 1 aromatic heterocycles. The van der Waals surface area contributed by atoms with E-state index in [0.29, 0.717) is 33.8 Å². The van der Waals surface area contributed by atoms with Crippen LogP contribution in [-0.2, 0) is 13.7 Å². The molecule has 0 aliphatic heterocycles. The summed E-state index contributed by atoms with van der Waals surface area (Å²) in [4.78, 5) is 12.3. The summed E-state index contributed by atoms with van der Waals surface area (Å²) in [6.45, 7) is 2.37. The van der Waals surface area contributed by atoms with Gasteiger partial charge in [0, 0.05) is 17.5 Å². The summed E-state index contributed by atoms with van der Waals surface area (Å²) >= 11 is 6.01. The molecule has 0 atom stereocenters. The lowest BCUT2D eigenvalue weighted by atomic mass is 10.1. The minimum absolute atomic E-state index is 0.163. The molecule has 0 aliphatic rings. The summed E-state index contributed by atoms with van der Waals surface area (Å²) in [6.07, 6.45) is 1.93. The van der Waals surface area contributed by atoms with E-state index in [0.717, 1.165) is 12.8 Å². The average molecular weight is 296 g/mol. The molecule has 2 rings (SSSR count). The highest BCUT2D eigenvalue weighted by molar-refractivity contribution is 6.31. The van der Waals surface area contributed by atoms with Gasteiger partial charge < -0.3 is 14.4 Å². The maximum Gasteiger partial charge on any atom is 0.258 e. The molecule has 4 nitrogen and oxygen atoms in total. The Hall–Kier alpha value is -1.52. The Morgan fingerprint density at radius 2 is 2.10 bits per heavy atom. The molecule has 0 saturated carbocycles. The number of ether oxygens (including phenoxy) is 1. The van der Waals surface area contributed by atoms with Crippen molar-refractivity contribution in [3.63, 3.8) is 0 Å². The molecule has 108 valence electrons. The normalized spacial score (nSPS) is 11.0. The number of rotatable bonds is 5. The molecular weight excluding hydrogens is 278 g/mol. The molecule has 0 saturated heterocycles. The summed E-state index contributed by atoms with van der Waals surface area (Å²) in [5, 5.41) is 11.3. The summed E-state index contributed by atoms with van der Waals surface area (Å²) in [5.74, 6) is 0.542. The van der Waals surface area contributed by atoms with Crippen LogP contribution < -0.4 is 10.3 Å². The van der Waals surface area contributed by atoms with Crippen molar-refractivity contribution in [3.05, 3.63) is 39.3 Å². The number of nitrogens with zero attached hydrogens (tertiary/aromatic N) is 1. The van der Waals surface area contributed by atoms with Gasteiger partial charge in [-0.2, -0.15) is 0 Å². The van der Waals surface area contributed by atoms with Gasteiger partial charge in [-0.15, -0.1) is 0 Å². The van der Waals surface area contributed by atoms with E-state index in [9.17, 15) is 9.90 Å². The van der Waals surface area contributed by atoms with Gasteiger partial charge in [-0.3, -0.25) is 4.79 Å². The second-order valence-electron chi connectivity index (χ2n) is 4.69. The maximum atomic E-state index is 12.3. The molecule has 2 aromatic rings. The lowest BCUT2D eigenvalue weighted by Gasteiger charge is -2.16. The highest BCUT2D eigenvalue weighted by Gasteiger charge is 2.15. The first-order valence-corrected chi connectivity index (χ1v) is 7.02. The Kier molecular flexibility index (Phi) is 4.68. The van der Waals surface area contributed by atoms with E-state index in [4.69, 9.17) is 16.3 Å². The number of aromatic nitrogens is 1. The third kappa shape index (κ3) is 2.67. The molecule has 20 heavy (non-hydrogen) atoms. The number of unbranched alkanes of at least 4 members (excludes halogenated alkanes) is 1.